The van der Waals surface area contributed by atoms with Gasteiger partial charge in [0.05, 0.1) is 6.54 Å². The maximum absolute atomic E-state index is 6.00. The summed E-state index contributed by atoms with van der Waals surface area (Å²) in [6, 6.07) is 20.4. The van der Waals surface area contributed by atoms with E-state index in [1.54, 1.807) is 0 Å². The lowest BCUT2D eigenvalue weighted by atomic mass is 10.1. The molecular weight excluding hydrogens is 436 g/mol. The minimum absolute atomic E-state index is 0.283. The van der Waals surface area contributed by atoms with Gasteiger partial charge >= 0.3 is 0 Å². The van der Waals surface area contributed by atoms with Gasteiger partial charge in [-0.3, -0.25) is 0 Å². The van der Waals surface area contributed by atoms with E-state index in [1.807, 2.05) is 41.5 Å². The predicted octanol–water partition coefficient (Wildman–Crippen LogP) is 5.82. The highest BCUT2D eigenvalue weighted by Crippen LogP contribution is 2.33. The third kappa shape index (κ3) is 6.12. The Morgan fingerprint density at radius 3 is 2.64 bits per heavy atom. The minimum Gasteiger partial charge on any atom is -0.454 e. The van der Waals surface area contributed by atoms with Gasteiger partial charge in [0, 0.05) is 6.54 Å². The molecule has 0 aromatic heterocycles. The summed E-state index contributed by atoms with van der Waals surface area (Å²) < 4.78 is 22.8. The fourth-order valence-electron chi connectivity index (χ4n) is 4.33. The van der Waals surface area contributed by atoms with Crippen molar-refractivity contribution in [1.29, 1.82) is 0 Å². The van der Waals surface area contributed by atoms with E-state index in [1.165, 1.54) is 37.9 Å². The Morgan fingerprint density at radius 2 is 1.73 bits per heavy atom. The first-order valence-electron chi connectivity index (χ1n) is 11.7. The number of hydrogen-bond acceptors (Lipinski definition) is 7. The maximum Gasteiger partial charge on any atom is 0.244 e. The zero-order valence-corrected chi connectivity index (χ0v) is 19.6. The van der Waals surface area contributed by atoms with Crippen molar-refractivity contribution >= 4 is 23.1 Å². The molecule has 0 saturated carbocycles. The van der Waals surface area contributed by atoms with Crippen LogP contribution in [0.3, 0.4) is 0 Å². The standard InChI is InChI=1S/C26H30N2O4S/c1-2-8-23-18-24(11-10-22(23)7-1)31-33-32-28(16-6-5-15-27-13-3-4-14-27)19-21-9-12-25-26(17-21)30-20-29-25/h1-2,7-12,17-18H,3-6,13-16,19-20H2. The van der Waals surface area contributed by atoms with Crippen molar-refractivity contribution in [1.82, 2.24) is 9.96 Å². The largest absolute Gasteiger partial charge is 0.454 e. The molecule has 6 nitrogen and oxygen atoms in total. The molecule has 1 saturated heterocycles. The summed E-state index contributed by atoms with van der Waals surface area (Å²) >= 11 is 1.01. The summed E-state index contributed by atoms with van der Waals surface area (Å²) in [7, 11) is 0. The Bertz CT molecular complexity index is 1060. The van der Waals surface area contributed by atoms with Crippen molar-refractivity contribution in [3.05, 3.63) is 66.2 Å². The Hall–Kier alpha value is -2.45. The Morgan fingerprint density at radius 1 is 0.879 bits per heavy atom. The Kier molecular flexibility index (Phi) is 7.53. The van der Waals surface area contributed by atoms with Crippen LogP contribution in [0.25, 0.3) is 10.8 Å². The van der Waals surface area contributed by atoms with E-state index in [4.69, 9.17) is 17.9 Å². The molecule has 1 fully saturated rings. The number of rotatable bonds is 11. The molecule has 3 aromatic carbocycles. The van der Waals surface area contributed by atoms with Gasteiger partial charge in [0.2, 0.25) is 19.1 Å². The zero-order valence-electron chi connectivity index (χ0n) is 18.8. The highest BCUT2D eigenvalue weighted by atomic mass is 32.2. The molecule has 174 valence electrons. The summed E-state index contributed by atoms with van der Waals surface area (Å²) in [5, 5.41) is 4.31. The summed E-state index contributed by atoms with van der Waals surface area (Å²) in [4.78, 5) is 2.56. The fraction of sp³-hybridized carbons (Fsp3) is 0.385. The highest BCUT2D eigenvalue weighted by Gasteiger charge is 2.16. The molecule has 0 amide bonds. The molecule has 33 heavy (non-hydrogen) atoms. The van der Waals surface area contributed by atoms with Crippen LogP contribution in [0.1, 0.15) is 31.2 Å². The van der Waals surface area contributed by atoms with Gasteiger partial charge in [-0.2, -0.15) is 9.35 Å². The second-order valence-electron chi connectivity index (χ2n) is 8.54. The van der Waals surface area contributed by atoms with Crippen LogP contribution in [0.15, 0.2) is 60.7 Å². The first-order valence-corrected chi connectivity index (χ1v) is 12.4. The number of hydroxylamine groups is 2. The van der Waals surface area contributed by atoms with Gasteiger partial charge in [0.15, 0.2) is 11.5 Å². The fourth-order valence-corrected chi connectivity index (χ4v) is 4.76. The molecule has 0 spiro atoms. The summed E-state index contributed by atoms with van der Waals surface area (Å²) in [6.45, 7) is 5.41. The monoisotopic (exact) mass is 466 g/mol. The summed E-state index contributed by atoms with van der Waals surface area (Å²) in [5.74, 6) is 2.36. The molecule has 3 aromatic rings. The van der Waals surface area contributed by atoms with Crippen molar-refractivity contribution in [2.45, 2.75) is 32.2 Å². The van der Waals surface area contributed by atoms with Crippen LogP contribution in [-0.2, 0) is 10.8 Å². The SMILES string of the molecule is c1ccc2cc(OSON(CCCCN3CCCC3)Cc3ccc4c(c3)OCO4)ccc2c1. The maximum atomic E-state index is 6.00. The topological polar surface area (TPSA) is 43.4 Å². The van der Waals surface area contributed by atoms with E-state index in [0.717, 1.165) is 59.9 Å². The minimum atomic E-state index is 0.283. The van der Waals surface area contributed by atoms with Crippen molar-refractivity contribution < 1.29 is 17.9 Å². The van der Waals surface area contributed by atoms with E-state index in [0.29, 0.717) is 6.54 Å². The summed E-state index contributed by atoms with van der Waals surface area (Å²) in [6.07, 6.45) is 4.90. The van der Waals surface area contributed by atoms with Crippen LogP contribution in [0.2, 0.25) is 0 Å². The Labute approximate surface area is 199 Å². The van der Waals surface area contributed by atoms with Crippen molar-refractivity contribution in [2.24, 2.45) is 0 Å². The van der Waals surface area contributed by atoms with E-state index < -0.39 is 0 Å². The molecule has 5 rings (SSSR count). The number of benzene rings is 3. The molecule has 0 radical (unpaired) electrons. The zero-order chi connectivity index (χ0) is 22.3. The lowest BCUT2D eigenvalue weighted by molar-refractivity contribution is -0.0531. The highest BCUT2D eigenvalue weighted by molar-refractivity contribution is 7.90. The smallest absolute Gasteiger partial charge is 0.244 e. The van der Waals surface area contributed by atoms with Gasteiger partial charge in [0.1, 0.15) is 5.75 Å². The quantitative estimate of drug-likeness (QED) is 0.200. The normalized spacial score (nSPS) is 15.5. The van der Waals surface area contributed by atoms with Gasteiger partial charge in [-0.05, 0) is 85.9 Å². The average molecular weight is 467 g/mol. The van der Waals surface area contributed by atoms with E-state index in [2.05, 4.69) is 29.2 Å². The van der Waals surface area contributed by atoms with Gasteiger partial charge in [-0.1, -0.05) is 36.4 Å². The average Bonchev–Trinajstić information content (AvgIpc) is 3.53. The number of nitrogens with zero attached hydrogens (tertiary/aromatic N) is 2. The van der Waals surface area contributed by atoms with E-state index in [9.17, 15) is 0 Å². The first kappa shape index (κ1) is 22.3. The molecule has 2 heterocycles. The number of likely N-dealkylation sites (tertiary alicyclic amines) is 1. The third-order valence-corrected chi connectivity index (χ3v) is 6.65. The molecule has 2 aliphatic heterocycles. The number of ether oxygens (including phenoxy) is 2. The molecule has 0 aliphatic carbocycles. The molecule has 0 N–H and O–H groups in total. The third-order valence-electron chi connectivity index (χ3n) is 6.11. The van der Waals surface area contributed by atoms with Crippen molar-refractivity contribution in [3.63, 3.8) is 0 Å². The molecule has 0 atom stereocenters. The lowest BCUT2D eigenvalue weighted by Crippen LogP contribution is -2.25. The van der Waals surface area contributed by atoms with E-state index >= 15 is 0 Å². The van der Waals surface area contributed by atoms with Crippen LogP contribution in [-0.4, -0.2) is 42.9 Å². The molecule has 2 aliphatic rings. The first-order chi connectivity index (χ1) is 16.3. The molecule has 0 unspecified atom stereocenters. The van der Waals surface area contributed by atoms with Gasteiger partial charge in [0.25, 0.3) is 0 Å². The van der Waals surface area contributed by atoms with Crippen LogP contribution >= 0.6 is 12.3 Å². The second-order valence-corrected chi connectivity index (χ2v) is 8.99. The van der Waals surface area contributed by atoms with Crippen molar-refractivity contribution in [3.8, 4) is 17.2 Å². The van der Waals surface area contributed by atoms with Crippen LogP contribution in [0, 0.1) is 0 Å². The molecule has 0 bridgehead atoms. The van der Waals surface area contributed by atoms with Crippen LogP contribution in [0.4, 0.5) is 0 Å². The van der Waals surface area contributed by atoms with Crippen molar-refractivity contribution in [2.75, 3.05) is 33.0 Å². The van der Waals surface area contributed by atoms with Crippen LogP contribution < -0.4 is 13.7 Å². The predicted molar refractivity (Wildman–Crippen MR) is 131 cm³/mol. The number of hydrogen-bond donors (Lipinski definition) is 0. The second kappa shape index (κ2) is 11.1. The Balaban J connectivity index is 1.16. The number of unbranched alkanes of at least 4 members (excludes halogenated alkanes) is 1. The van der Waals surface area contributed by atoms with Gasteiger partial charge in [-0.15, -0.1) is 0 Å². The molecule has 7 heteroatoms. The van der Waals surface area contributed by atoms with E-state index in [-0.39, 0.29) is 6.79 Å². The van der Waals surface area contributed by atoms with Crippen LogP contribution in [0.5, 0.6) is 17.2 Å². The van der Waals surface area contributed by atoms with Gasteiger partial charge < -0.3 is 18.6 Å². The number of fused-ring (bicyclic) bond motifs is 2. The summed E-state index contributed by atoms with van der Waals surface area (Å²) in [5.41, 5.74) is 1.12. The van der Waals surface area contributed by atoms with Gasteiger partial charge in [-0.25, -0.2) is 0 Å². The lowest BCUT2D eigenvalue weighted by Gasteiger charge is -2.21. The molecular formula is C26H30N2O4S.